The maximum Gasteiger partial charge on any atom is 0.337 e. The summed E-state index contributed by atoms with van der Waals surface area (Å²) < 4.78 is 0.624. The summed E-state index contributed by atoms with van der Waals surface area (Å²) in [6, 6.07) is 9.49. The van der Waals surface area contributed by atoms with Crippen molar-refractivity contribution in [3.05, 3.63) is 58.3 Å². The molecule has 1 heterocycles. The molecule has 0 spiro atoms. The summed E-state index contributed by atoms with van der Waals surface area (Å²) in [5.74, 6) is -1.11. The van der Waals surface area contributed by atoms with E-state index in [-0.39, 0.29) is 17.8 Å². The van der Waals surface area contributed by atoms with Crippen LogP contribution < -0.4 is 10.6 Å². The molecule has 2 rings (SSSR count). The van der Waals surface area contributed by atoms with E-state index in [4.69, 9.17) is 5.11 Å². The number of carbonyl (C=O) groups is 2. The van der Waals surface area contributed by atoms with Crippen molar-refractivity contribution in [1.29, 1.82) is 0 Å². The summed E-state index contributed by atoms with van der Waals surface area (Å²) in [5.41, 5.74) is 0.948. The quantitative estimate of drug-likeness (QED) is 0.791. The van der Waals surface area contributed by atoms with Gasteiger partial charge in [0.25, 0.3) is 0 Å². The fourth-order valence-corrected chi connectivity index (χ4v) is 2.00. The number of nitrogens with zero attached hydrogens (tertiary/aromatic N) is 1. The summed E-state index contributed by atoms with van der Waals surface area (Å²) in [4.78, 5) is 27.0. The number of carboxylic acid groups (broad SMARTS) is 1. The number of urea groups is 1. The number of anilines is 1. The highest BCUT2D eigenvalue weighted by Crippen LogP contribution is 2.21. The molecule has 2 aromatic rings. The highest BCUT2D eigenvalue weighted by Gasteiger charge is 2.12. The van der Waals surface area contributed by atoms with Crippen molar-refractivity contribution in [3.8, 4) is 0 Å². The molecular formula is C14H12BrN3O3. The first-order chi connectivity index (χ1) is 10.1. The van der Waals surface area contributed by atoms with Crippen molar-refractivity contribution in [3.63, 3.8) is 0 Å². The first-order valence-electron chi connectivity index (χ1n) is 6.04. The zero-order valence-corrected chi connectivity index (χ0v) is 12.4. The molecule has 21 heavy (non-hydrogen) atoms. The van der Waals surface area contributed by atoms with E-state index in [1.165, 1.54) is 12.1 Å². The van der Waals surface area contributed by atoms with Gasteiger partial charge in [-0.2, -0.15) is 0 Å². The number of carbonyl (C=O) groups excluding carboxylic acids is 1. The van der Waals surface area contributed by atoms with Gasteiger partial charge in [-0.25, -0.2) is 9.59 Å². The molecule has 108 valence electrons. The van der Waals surface area contributed by atoms with Gasteiger partial charge in [-0.15, -0.1) is 0 Å². The van der Waals surface area contributed by atoms with Crippen LogP contribution in [0.5, 0.6) is 0 Å². The van der Waals surface area contributed by atoms with E-state index in [0.717, 1.165) is 0 Å². The van der Waals surface area contributed by atoms with E-state index in [0.29, 0.717) is 10.2 Å². The average molecular weight is 350 g/mol. The second-order valence-corrected chi connectivity index (χ2v) is 5.04. The van der Waals surface area contributed by atoms with Gasteiger partial charge in [-0.3, -0.25) is 4.98 Å². The highest BCUT2D eigenvalue weighted by atomic mass is 79.9. The van der Waals surface area contributed by atoms with Crippen LogP contribution in [0.4, 0.5) is 10.5 Å². The Hall–Kier alpha value is -2.41. The Morgan fingerprint density at radius 2 is 2.05 bits per heavy atom. The summed E-state index contributed by atoms with van der Waals surface area (Å²) in [6.07, 6.45) is 1.63. The smallest absolute Gasteiger partial charge is 0.337 e. The van der Waals surface area contributed by atoms with Crippen molar-refractivity contribution in [2.75, 3.05) is 5.32 Å². The van der Waals surface area contributed by atoms with E-state index in [2.05, 4.69) is 31.5 Å². The molecule has 0 fully saturated rings. The number of aromatic carboxylic acids is 1. The predicted molar refractivity (Wildman–Crippen MR) is 81.2 cm³/mol. The third-order valence-corrected chi connectivity index (χ3v) is 3.11. The van der Waals surface area contributed by atoms with Crippen molar-refractivity contribution in [2.45, 2.75) is 6.54 Å². The number of hydrogen-bond acceptors (Lipinski definition) is 3. The van der Waals surface area contributed by atoms with Crippen LogP contribution in [-0.2, 0) is 6.54 Å². The number of rotatable bonds is 4. The summed E-state index contributed by atoms with van der Waals surface area (Å²) in [6.45, 7) is 0.256. The second kappa shape index (κ2) is 6.85. The second-order valence-electron chi connectivity index (χ2n) is 4.12. The summed E-state index contributed by atoms with van der Waals surface area (Å²) >= 11 is 3.19. The number of pyridine rings is 1. The van der Waals surface area contributed by atoms with Gasteiger partial charge in [-0.05, 0) is 30.3 Å². The van der Waals surface area contributed by atoms with Gasteiger partial charge < -0.3 is 15.7 Å². The van der Waals surface area contributed by atoms with E-state index >= 15 is 0 Å². The molecular weight excluding hydrogens is 338 g/mol. The Balaban J connectivity index is 2.01. The topological polar surface area (TPSA) is 91.3 Å². The van der Waals surface area contributed by atoms with E-state index in [1.807, 2.05) is 6.07 Å². The van der Waals surface area contributed by atoms with E-state index in [1.54, 1.807) is 24.4 Å². The zero-order chi connectivity index (χ0) is 15.2. The highest BCUT2D eigenvalue weighted by molar-refractivity contribution is 9.10. The van der Waals surface area contributed by atoms with Crippen LogP contribution in [-0.4, -0.2) is 22.1 Å². The van der Waals surface area contributed by atoms with Crippen LogP contribution in [0.2, 0.25) is 0 Å². The lowest BCUT2D eigenvalue weighted by molar-refractivity contribution is 0.0698. The molecule has 1 aromatic carbocycles. The number of carboxylic acids is 1. The number of nitrogens with one attached hydrogen (secondary N) is 2. The molecule has 1 aromatic heterocycles. The van der Waals surface area contributed by atoms with Crippen molar-refractivity contribution in [2.24, 2.45) is 0 Å². The molecule has 7 heteroatoms. The minimum Gasteiger partial charge on any atom is -0.478 e. The van der Waals surface area contributed by atoms with Gasteiger partial charge in [0.05, 0.1) is 23.5 Å². The lowest BCUT2D eigenvalue weighted by atomic mass is 10.2. The monoisotopic (exact) mass is 349 g/mol. The number of hydrogen-bond donors (Lipinski definition) is 3. The van der Waals surface area contributed by atoms with Crippen LogP contribution in [0.25, 0.3) is 0 Å². The Morgan fingerprint density at radius 3 is 2.71 bits per heavy atom. The molecule has 3 N–H and O–H groups in total. The maximum absolute atomic E-state index is 11.8. The molecule has 0 saturated heterocycles. The first-order valence-corrected chi connectivity index (χ1v) is 6.83. The molecule has 0 saturated carbocycles. The third-order valence-electron chi connectivity index (χ3n) is 2.62. The van der Waals surface area contributed by atoms with Crippen LogP contribution in [0.15, 0.2) is 47.1 Å². The van der Waals surface area contributed by atoms with Crippen LogP contribution in [0.1, 0.15) is 16.1 Å². The number of aromatic nitrogens is 1. The van der Waals surface area contributed by atoms with E-state index in [9.17, 15) is 9.59 Å². The van der Waals surface area contributed by atoms with Crippen molar-refractivity contribution < 1.29 is 14.7 Å². The first kappa shape index (κ1) is 15.0. The van der Waals surface area contributed by atoms with E-state index < -0.39 is 12.0 Å². The van der Waals surface area contributed by atoms with Gasteiger partial charge >= 0.3 is 12.0 Å². The molecule has 2 amide bonds. The minimum atomic E-state index is -1.11. The van der Waals surface area contributed by atoms with Gasteiger partial charge in [0.1, 0.15) is 0 Å². The van der Waals surface area contributed by atoms with Crippen LogP contribution >= 0.6 is 15.9 Å². The molecule has 0 aliphatic heterocycles. The van der Waals surface area contributed by atoms with Gasteiger partial charge in [-0.1, -0.05) is 22.0 Å². The molecule has 0 bridgehead atoms. The molecule has 6 nitrogen and oxygen atoms in total. The zero-order valence-electron chi connectivity index (χ0n) is 10.8. The molecule has 0 aliphatic rings. The van der Waals surface area contributed by atoms with Crippen LogP contribution in [0, 0.1) is 0 Å². The Morgan fingerprint density at radius 1 is 1.24 bits per heavy atom. The van der Waals surface area contributed by atoms with Gasteiger partial charge in [0.15, 0.2) is 0 Å². The molecule has 0 atom stereocenters. The third kappa shape index (κ3) is 4.28. The number of benzene rings is 1. The Labute approximate surface area is 129 Å². The SMILES string of the molecule is O=C(NCc1ccccn1)Nc1ccc(Br)cc1C(=O)O. The molecule has 0 aliphatic carbocycles. The van der Waals surface area contributed by atoms with Crippen molar-refractivity contribution >= 4 is 33.6 Å². The standard InChI is InChI=1S/C14H12BrN3O3/c15-9-4-5-12(11(7-9)13(19)20)18-14(21)17-8-10-3-1-2-6-16-10/h1-7H,8H2,(H,19,20)(H2,17,18,21). The summed E-state index contributed by atoms with van der Waals surface area (Å²) in [7, 11) is 0. The Kier molecular flexibility index (Phi) is 4.89. The normalized spacial score (nSPS) is 9.95. The van der Waals surface area contributed by atoms with Gasteiger partial charge in [0, 0.05) is 10.7 Å². The minimum absolute atomic E-state index is 0.0114. The van der Waals surface area contributed by atoms with Crippen molar-refractivity contribution in [1.82, 2.24) is 10.3 Å². The fourth-order valence-electron chi connectivity index (χ4n) is 1.64. The molecule has 0 radical (unpaired) electrons. The predicted octanol–water partition coefficient (Wildman–Crippen LogP) is 2.86. The van der Waals surface area contributed by atoms with Crippen LogP contribution in [0.3, 0.4) is 0 Å². The summed E-state index contributed by atoms with van der Waals surface area (Å²) in [5, 5.41) is 14.2. The Bertz CT molecular complexity index is 662. The average Bonchev–Trinajstić information content (AvgIpc) is 2.48. The maximum atomic E-state index is 11.8. The van der Waals surface area contributed by atoms with Gasteiger partial charge in [0.2, 0.25) is 0 Å². The largest absolute Gasteiger partial charge is 0.478 e. The lowest BCUT2D eigenvalue weighted by Gasteiger charge is -2.10. The lowest BCUT2D eigenvalue weighted by Crippen LogP contribution is -2.29. The number of amides is 2. The number of halogens is 1. The fraction of sp³-hybridized carbons (Fsp3) is 0.0714. The molecule has 0 unspecified atom stereocenters.